The molecular weight excluding hydrogens is 252 g/mol. The van der Waals surface area contributed by atoms with Gasteiger partial charge >= 0.3 is 0 Å². The molecule has 1 aliphatic carbocycles. The van der Waals surface area contributed by atoms with Crippen LogP contribution in [0.5, 0.6) is 0 Å². The van der Waals surface area contributed by atoms with E-state index in [4.69, 9.17) is 0 Å². The highest BCUT2D eigenvalue weighted by Crippen LogP contribution is 2.34. The molecule has 2 aliphatic rings. The average molecular weight is 282 g/mol. The van der Waals surface area contributed by atoms with Gasteiger partial charge in [0.25, 0.3) is 0 Å². The number of piperidine rings is 1. The highest BCUT2D eigenvalue weighted by molar-refractivity contribution is 5.78. The number of carbonyl (C=O) groups excluding carboxylic acids is 1. The molecule has 20 heavy (non-hydrogen) atoms. The average Bonchev–Trinajstić information content (AvgIpc) is 2.85. The van der Waals surface area contributed by atoms with Gasteiger partial charge in [0.15, 0.2) is 0 Å². The van der Waals surface area contributed by atoms with E-state index in [0.29, 0.717) is 18.5 Å². The third-order valence-electron chi connectivity index (χ3n) is 5.06. The number of rotatable bonds is 5. The van der Waals surface area contributed by atoms with Gasteiger partial charge in [0.1, 0.15) is 0 Å². The van der Waals surface area contributed by atoms with Crippen molar-refractivity contribution in [3.8, 4) is 0 Å². The van der Waals surface area contributed by atoms with E-state index in [9.17, 15) is 9.90 Å². The van der Waals surface area contributed by atoms with Crippen molar-refractivity contribution in [2.24, 2.45) is 5.92 Å². The summed E-state index contributed by atoms with van der Waals surface area (Å²) < 4.78 is 0. The van der Waals surface area contributed by atoms with Crippen LogP contribution in [0.4, 0.5) is 0 Å². The summed E-state index contributed by atoms with van der Waals surface area (Å²) in [6, 6.07) is 0.659. The Kier molecular flexibility index (Phi) is 5.85. The molecule has 2 fully saturated rings. The number of hydrogen-bond donors (Lipinski definition) is 2. The van der Waals surface area contributed by atoms with Gasteiger partial charge < -0.3 is 10.4 Å². The summed E-state index contributed by atoms with van der Waals surface area (Å²) in [5, 5.41) is 13.2. The topological polar surface area (TPSA) is 52.6 Å². The first kappa shape index (κ1) is 15.8. The van der Waals surface area contributed by atoms with Gasteiger partial charge in [0.2, 0.25) is 5.91 Å². The molecule has 0 bridgehead atoms. The first-order valence-electron chi connectivity index (χ1n) is 8.33. The molecule has 0 aromatic rings. The summed E-state index contributed by atoms with van der Waals surface area (Å²) in [4.78, 5) is 14.4. The fourth-order valence-corrected chi connectivity index (χ4v) is 3.72. The van der Waals surface area contributed by atoms with Crippen LogP contribution in [0.1, 0.15) is 58.8 Å². The number of aliphatic hydroxyl groups is 1. The third-order valence-corrected chi connectivity index (χ3v) is 5.06. The summed E-state index contributed by atoms with van der Waals surface area (Å²) in [5.74, 6) is 0.519. The Balaban J connectivity index is 1.91. The molecule has 1 saturated carbocycles. The molecule has 2 rings (SSSR count). The Morgan fingerprint density at radius 3 is 2.75 bits per heavy atom. The lowest BCUT2D eigenvalue weighted by molar-refractivity contribution is -0.124. The maximum Gasteiger partial charge on any atom is 0.234 e. The van der Waals surface area contributed by atoms with Crippen LogP contribution in [-0.2, 0) is 4.79 Å². The summed E-state index contributed by atoms with van der Waals surface area (Å²) in [5.41, 5.74) is 0. The minimum atomic E-state index is -0.154. The van der Waals surface area contributed by atoms with Crippen molar-refractivity contribution in [2.75, 3.05) is 13.1 Å². The molecule has 1 heterocycles. The van der Waals surface area contributed by atoms with Gasteiger partial charge in [-0.05, 0) is 45.6 Å². The molecule has 0 aromatic carbocycles. The van der Waals surface area contributed by atoms with Gasteiger partial charge in [-0.3, -0.25) is 9.69 Å². The van der Waals surface area contributed by atoms with Crippen LogP contribution in [0, 0.1) is 5.92 Å². The van der Waals surface area contributed by atoms with E-state index in [-0.39, 0.29) is 18.1 Å². The zero-order valence-electron chi connectivity index (χ0n) is 13.0. The fraction of sp³-hybridized carbons (Fsp3) is 0.938. The number of nitrogens with zero attached hydrogens (tertiary/aromatic N) is 1. The Bertz CT molecular complexity index is 322. The van der Waals surface area contributed by atoms with E-state index in [2.05, 4.69) is 17.1 Å². The predicted octanol–water partition coefficient (Wildman–Crippen LogP) is 1.92. The van der Waals surface area contributed by atoms with Crippen molar-refractivity contribution < 1.29 is 9.90 Å². The SMILES string of the molecule is CCC(C)NC(=O)CN1CCCCC1C1CCCC1O. The van der Waals surface area contributed by atoms with E-state index in [1.165, 1.54) is 12.8 Å². The van der Waals surface area contributed by atoms with Gasteiger partial charge in [-0.25, -0.2) is 0 Å². The number of nitrogens with one attached hydrogen (secondary N) is 1. The lowest BCUT2D eigenvalue weighted by atomic mass is 9.87. The van der Waals surface area contributed by atoms with Crippen LogP contribution in [-0.4, -0.2) is 47.2 Å². The van der Waals surface area contributed by atoms with Crippen LogP contribution < -0.4 is 5.32 Å². The van der Waals surface area contributed by atoms with E-state index < -0.39 is 0 Å². The highest BCUT2D eigenvalue weighted by atomic mass is 16.3. The smallest absolute Gasteiger partial charge is 0.234 e. The molecule has 4 unspecified atom stereocenters. The molecule has 4 atom stereocenters. The summed E-state index contributed by atoms with van der Waals surface area (Å²) in [6.07, 6.45) is 7.55. The van der Waals surface area contributed by atoms with Crippen LogP contribution in [0.3, 0.4) is 0 Å². The Labute approximate surface area is 122 Å². The first-order valence-corrected chi connectivity index (χ1v) is 8.33. The Hall–Kier alpha value is -0.610. The molecule has 116 valence electrons. The van der Waals surface area contributed by atoms with Crippen LogP contribution in [0.25, 0.3) is 0 Å². The number of amides is 1. The fourth-order valence-electron chi connectivity index (χ4n) is 3.72. The minimum Gasteiger partial charge on any atom is -0.393 e. The van der Waals surface area contributed by atoms with E-state index >= 15 is 0 Å². The first-order chi connectivity index (χ1) is 9.61. The second-order valence-corrected chi connectivity index (χ2v) is 6.57. The molecule has 4 heteroatoms. The number of aliphatic hydroxyl groups excluding tert-OH is 1. The molecule has 0 spiro atoms. The maximum absolute atomic E-state index is 12.1. The molecule has 2 N–H and O–H groups in total. The Morgan fingerprint density at radius 1 is 1.30 bits per heavy atom. The quantitative estimate of drug-likeness (QED) is 0.810. The lowest BCUT2D eigenvalue weighted by Crippen LogP contribution is -2.50. The molecule has 4 nitrogen and oxygen atoms in total. The van der Waals surface area contributed by atoms with E-state index in [0.717, 1.165) is 38.6 Å². The van der Waals surface area contributed by atoms with Crippen LogP contribution >= 0.6 is 0 Å². The highest BCUT2D eigenvalue weighted by Gasteiger charge is 2.37. The van der Waals surface area contributed by atoms with E-state index in [1.807, 2.05) is 6.92 Å². The van der Waals surface area contributed by atoms with Gasteiger partial charge in [0.05, 0.1) is 12.6 Å². The van der Waals surface area contributed by atoms with Gasteiger partial charge in [0, 0.05) is 18.0 Å². The van der Waals surface area contributed by atoms with Crippen LogP contribution in [0.2, 0.25) is 0 Å². The Morgan fingerprint density at radius 2 is 2.10 bits per heavy atom. The second-order valence-electron chi connectivity index (χ2n) is 6.57. The van der Waals surface area contributed by atoms with Gasteiger partial charge in [-0.2, -0.15) is 0 Å². The second kappa shape index (κ2) is 7.41. The maximum atomic E-state index is 12.1. The summed E-state index contributed by atoms with van der Waals surface area (Å²) in [7, 11) is 0. The number of hydrogen-bond acceptors (Lipinski definition) is 3. The van der Waals surface area contributed by atoms with Gasteiger partial charge in [-0.1, -0.05) is 19.8 Å². The summed E-state index contributed by atoms with van der Waals surface area (Å²) in [6.45, 7) is 5.63. The molecular formula is C16H30N2O2. The largest absolute Gasteiger partial charge is 0.393 e. The lowest BCUT2D eigenvalue weighted by Gasteiger charge is -2.40. The van der Waals surface area contributed by atoms with Crippen molar-refractivity contribution in [3.05, 3.63) is 0 Å². The minimum absolute atomic E-state index is 0.138. The van der Waals surface area contributed by atoms with E-state index in [1.54, 1.807) is 0 Å². The molecule has 1 saturated heterocycles. The molecule has 1 amide bonds. The zero-order valence-corrected chi connectivity index (χ0v) is 13.0. The van der Waals surface area contributed by atoms with Gasteiger partial charge in [-0.15, -0.1) is 0 Å². The number of likely N-dealkylation sites (tertiary alicyclic amines) is 1. The normalized spacial score (nSPS) is 33.0. The van der Waals surface area contributed by atoms with Crippen LogP contribution in [0.15, 0.2) is 0 Å². The number of carbonyl (C=O) groups is 1. The third kappa shape index (κ3) is 3.95. The van der Waals surface area contributed by atoms with Crippen molar-refractivity contribution >= 4 is 5.91 Å². The monoisotopic (exact) mass is 282 g/mol. The van der Waals surface area contributed by atoms with Crippen molar-refractivity contribution in [3.63, 3.8) is 0 Å². The predicted molar refractivity (Wildman–Crippen MR) is 80.5 cm³/mol. The van der Waals surface area contributed by atoms with Crippen molar-refractivity contribution in [1.29, 1.82) is 0 Å². The summed E-state index contributed by atoms with van der Waals surface area (Å²) >= 11 is 0. The standard InChI is InChI=1S/C16H30N2O2/c1-3-12(2)17-16(20)11-18-10-5-4-8-14(18)13-7-6-9-15(13)19/h12-15,19H,3-11H2,1-2H3,(H,17,20). The zero-order chi connectivity index (χ0) is 14.5. The molecule has 0 radical (unpaired) electrons. The molecule has 0 aromatic heterocycles. The molecule has 1 aliphatic heterocycles. The van der Waals surface area contributed by atoms with Crippen molar-refractivity contribution in [1.82, 2.24) is 10.2 Å². The van der Waals surface area contributed by atoms with Crippen molar-refractivity contribution in [2.45, 2.75) is 77.0 Å².